The Morgan fingerprint density at radius 1 is 0.977 bits per heavy atom. The van der Waals surface area contributed by atoms with E-state index in [1.807, 2.05) is 0 Å². The van der Waals surface area contributed by atoms with Crippen molar-refractivity contribution in [3.05, 3.63) is 65.1 Å². The number of fused-ring (bicyclic) bond motifs is 2. The molecule has 2 heterocycles. The van der Waals surface area contributed by atoms with Crippen molar-refractivity contribution in [2.45, 2.75) is 77.6 Å². The van der Waals surface area contributed by atoms with Gasteiger partial charge < -0.3 is 4.43 Å². The van der Waals surface area contributed by atoms with Gasteiger partial charge in [-0.2, -0.15) is 0 Å². The first-order valence-electron chi connectivity index (χ1n) is 14.9. The van der Waals surface area contributed by atoms with Gasteiger partial charge in [0, 0.05) is 18.1 Å². The van der Waals surface area contributed by atoms with Gasteiger partial charge in [0.1, 0.15) is 17.1 Å². The summed E-state index contributed by atoms with van der Waals surface area (Å²) in [6, 6.07) is 9.06. The fourth-order valence-electron chi connectivity index (χ4n) is 6.77. The van der Waals surface area contributed by atoms with Gasteiger partial charge in [-0.1, -0.05) is 53.7 Å². The molecule has 230 valence electrons. The molecule has 0 spiro atoms. The molecule has 1 saturated carbocycles. The predicted octanol–water partition coefficient (Wildman–Crippen LogP) is 6.90. The normalized spacial score (nSPS) is 15.7. The van der Waals surface area contributed by atoms with Crippen molar-refractivity contribution in [1.29, 1.82) is 0 Å². The minimum Gasteiger partial charge on any atom is -0.541 e. The first kappa shape index (κ1) is 31.1. The highest BCUT2D eigenvalue weighted by molar-refractivity contribution is 7.92. The fourth-order valence-corrected chi connectivity index (χ4v) is 13.0. The topological polar surface area (TPSA) is 96.9 Å². The van der Waals surface area contributed by atoms with Crippen LogP contribution < -0.4 is 8.73 Å². The molecule has 0 atom stereocenters. The second-order valence-electron chi connectivity index (χ2n) is 12.8. The van der Waals surface area contributed by atoms with Crippen LogP contribution in [0.5, 0.6) is 5.75 Å². The molecule has 5 rings (SSSR count). The molecule has 1 aliphatic carbocycles. The van der Waals surface area contributed by atoms with E-state index in [1.54, 1.807) is 18.3 Å². The zero-order valence-electron chi connectivity index (χ0n) is 25.8. The summed E-state index contributed by atoms with van der Waals surface area (Å²) in [5, 5.41) is 0.450. The monoisotopic (exact) mass is 625 g/mol. The lowest BCUT2D eigenvalue weighted by Crippen LogP contribution is -2.51. The molecule has 0 unspecified atom stereocenters. The number of rotatable bonds is 11. The van der Waals surface area contributed by atoms with Crippen molar-refractivity contribution in [2.75, 3.05) is 17.1 Å². The minimum absolute atomic E-state index is 0.0212. The van der Waals surface area contributed by atoms with Crippen LogP contribution >= 0.6 is 0 Å². The second kappa shape index (κ2) is 11.3. The quantitative estimate of drug-likeness (QED) is 0.170. The van der Waals surface area contributed by atoms with Gasteiger partial charge in [0.2, 0.25) is 10.0 Å². The number of hydrogen-bond donors (Lipinski definition) is 0. The summed E-state index contributed by atoms with van der Waals surface area (Å²) in [5.74, 6) is -1.20. The van der Waals surface area contributed by atoms with Crippen molar-refractivity contribution >= 4 is 46.7 Å². The number of pyridine rings is 1. The van der Waals surface area contributed by atoms with E-state index in [0.717, 1.165) is 24.0 Å². The predicted molar refractivity (Wildman–Crippen MR) is 169 cm³/mol. The summed E-state index contributed by atoms with van der Waals surface area (Å²) in [4.78, 5) is 34.5. The molecule has 1 aromatic heterocycles. The lowest BCUT2D eigenvalue weighted by Gasteiger charge is -2.42. The number of halogens is 1. The van der Waals surface area contributed by atoms with Crippen molar-refractivity contribution in [1.82, 2.24) is 9.88 Å². The Balaban J connectivity index is 1.83. The van der Waals surface area contributed by atoms with E-state index < -0.39 is 36.0 Å². The smallest absolute Gasteiger partial charge is 0.265 e. The van der Waals surface area contributed by atoms with E-state index in [-0.39, 0.29) is 58.2 Å². The third kappa shape index (κ3) is 5.46. The molecule has 0 bridgehead atoms. The summed E-state index contributed by atoms with van der Waals surface area (Å²) in [5.41, 5.74) is 1.65. The number of nitrogens with zero attached hydrogens (tertiary/aromatic N) is 3. The van der Waals surface area contributed by atoms with Crippen molar-refractivity contribution in [3.63, 3.8) is 0 Å². The van der Waals surface area contributed by atoms with Gasteiger partial charge in [-0.15, -0.1) is 0 Å². The highest BCUT2D eigenvalue weighted by atomic mass is 32.2. The van der Waals surface area contributed by atoms with E-state index in [1.165, 1.54) is 28.6 Å². The van der Waals surface area contributed by atoms with Crippen LogP contribution in [0, 0.1) is 11.7 Å². The van der Waals surface area contributed by atoms with Crippen LogP contribution in [0.2, 0.25) is 16.6 Å². The molecule has 8 nitrogen and oxygen atoms in total. The molecule has 1 aliphatic heterocycles. The highest BCUT2D eigenvalue weighted by Crippen LogP contribution is 2.50. The Morgan fingerprint density at radius 3 is 2.09 bits per heavy atom. The number of carbonyl (C=O) groups excluding carboxylic acids is 2. The van der Waals surface area contributed by atoms with Crippen molar-refractivity contribution in [2.24, 2.45) is 5.92 Å². The molecule has 11 heteroatoms. The van der Waals surface area contributed by atoms with Crippen LogP contribution in [0.3, 0.4) is 0 Å². The summed E-state index contributed by atoms with van der Waals surface area (Å²) >= 11 is 0. The van der Waals surface area contributed by atoms with Crippen molar-refractivity contribution < 1.29 is 26.8 Å². The molecule has 2 amide bonds. The van der Waals surface area contributed by atoms with Gasteiger partial charge in [-0.05, 0) is 65.2 Å². The SMILES string of the molecule is CC(C)[Si](Oc1c2c(c(N(CC3CC3)S(C)(=O)=O)c3cccnc13)C(=O)N(Cc1ccc(F)cc1)C2=O)(C(C)C)C(C)C. The molecular formula is C32H40FN3O5SSi. The van der Waals surface area contributed by atoms with E-state index in [2.05, 4.69) is 46.5 Å². The Kier molecular flexibility index (Phi) is 8.19. The summed E-state index contributed by atoms with van der Waals surface area (Å²) in [6.45, 7) is 12.9. The molecule has 43 heavy (non-hydrogen) atoms. The van der Waals surface area contributed by atoms with Crippen LogP contribution in [-0.2, 0) is 16.6 Å². The third-order valence-corrected chi connectivity index (χ3v) is 16.0. The van der Waals surface area contributed by atoms with Crippen LogP contribution in [-0.4, -0.2) is 51.2 Å². The van der Waals surface area contributed by atoms with E-state index in [4.69, 9.17) is 4.43 Å². The van der Waals surface area contributed by atoms with Gasteiger partial charge in [0.25, 0.3) is 20.1 Å². The standard InChI is InChI=1S/C32H40FN3O5SSi/c1-19(2)43(20(3)4,21(5)6)41-30-27-26(31(37)35(32(27)38)17-22-12-14-24(33)15-13-22)29(25-9-8-16-34-28(25)30)36(42(7,39)40)18-23-10-11-23/h8-9,12-16,19-21,23H,10-11,17-18H2,1-7H3. The zero-order valence-corrected chi connectivity index (χ0v) is 27.7. The van der Waals surface area contributed by atoms with Crippen LogP contribution in [0.4, 0.5) is 10.1 Å². The molecule has 1 fully saturated rings. The van der Waals surface area contributed by atoms with E-state index >= 15 is 0 Å². The third-order valence-electron chi connectivity index (χ3n) is 8.92. The molecular weight excluding hydrogens is 586 g/mol. The Labute approximate surface area is 254 Å². The van der Waals surface area contributed by atoms with Crippen molar-refractivity contribution in [3.8, 4) is 5.75 Å². The number of carbonyl (C=O) groups is 2. The number of imide groups is 1. The lowest BCUT2D eigenvalue weighted by molar-refractivity contribution is 0.0642. The molecule has 0 N–H and O–H groups in total. The lowest BCUT2D eigenvalue weighted by atomic mass is 10.0. The van der Waals surface area contributed by atoms with Gasteiger partial charge in [-0.3, -0.25) is 23.8 Å². The maximum absolute atomic E-state index is 14.4. The average molecular weight is 626 g/mol. The number of anilines is 1. The van der Waals surface area contributed by atoms with Gasteiger partial charge in [0.05, 0.1) is 29.6 Å². The van der Waals surface area contributed by atoms with Crippen LogP contribution in [0.15, 0.2) is 42.6 Å². The Morgan fingerprint density at radius 2 is 1.56 bits per heavy atom. The van der Waals surface area contributed by atoms with E-state index in [0.29, 0.717) is 16.5 Å². The average Bonchev–Trinajstić information content (AvgIpc) is 3.72. The molecule has 2 aromatic carbocycles. The van der Waals surface area contributed by atoms with Gasteiger partial charge >= 0.3 is 0 Å². The number of aromatic nitrogens is 1. The van der Waals surface area contributed by atoms with Crippen LogP contribution in [0.25, 0.3) is 10.9 Å². The summed E-state index contributed by atoms with van der Waals surface area (Å²) in [7, 11) is -6.52. The number of sulfonamides is 1. The maximum atomic E-state index is 14.4. The van der Waals surface area contributed by atoms with Gasteiger partial charge in [-0.25, -0.2) is 12.8 Å². The summed E-state index contributed by atoms with van der Waals surface area (Å²) in [6.07, 6.45) is 4.50. The van der Waals surface area contributed by atoms with Gasteiger partial charge in [0.15, 0.2) is 0 Å². The highest BCUT2D eigenvalue weighted by Gasteiger charge is 2.51. The maximum Gasteiger partial charge on any atom is 0.265 e. The molecule has 0 radical (unpaired) electrons. The minimum atomic E-state index is -3.85. The first-order valence-corrected chi connectivity index (χ1v) is 18.9. The van der Waals surface area contributed by atoms with E-state index in [9.17, 15) is 22.4 Å². The fraction of sp³-hybridized carbons (Fsp3) is 0.469. The summed E-state index contributed by atoms with van der Waals surface area (Å²) < 4.78 is 48.8. The molecule has 0 saturated heterocycles. The Hall–Kier alpha value is -3.31. The largest absolute Gasteiger partial charge is 0.541 e. The van der Waals surface area contributed by atoms with Crippen LogP contribution in [0.1, 0.15) is 80.7 Å². The zero-order chi connectivity index (χ0) is 31.4. The molecule has 3 aromatic rings. The number of hydrogen-bond acceptors (Lipinski definition) is 6. The number of amides is 2. The molecule has 2 aliphatic rings. The first-order chi connectivity index (χ1) is 20.2. The second-order valence-corrected chi connectivity index (χ2v) is 20.1. The number of benzene rings is 2. The Bertz CT molecular complexity index is 1670.